The summed E-state index contributed by atoms with van der Waals surface area (Å²) in [5, 5.41) is 3.86. The Labute approximate surface area is 154 Å². The van der Waals surface area contributed by atoms with Crippen molar-refractivity contribution in [1.82, 2.24) is 14.9 Å². The molecule has 0 aromatic carbocycles. The van der Waals surface area contributed by atoms with Gasteiger partial charge in [0.15, 0.2) is 0 Å². The van der Waals surface area contributed by atoms with Crippen molar-refractivity contribution in [3.05, 3.63) is 35.7 Å². The second kappa shape index (κ2) is 8.02. The monoisotopic (exact) mass is 360 g/mol. The molecule has 1 fully saturated rings. The number of hydrogen-bond donors (Lipinski definition) is 1. The molecule has 25 heavy (non-hydrogen) atoms. The summed E-state index contributed by atoms with van der Waals surface area (Å²) in [5.41, 5.74) is 2.72. The molecule has 3 heterocycles. The maximum Gasteiger partial charge on any atom is 0.138 e. The molecule has 3 rings (SSSR count). The second-order valence-electron chi connectivity index (χ2n) is 6.85. The molecule has 0 saturated carbocycles. The molecule has 0 bridgehead atoms. The van der Waals surface area contributed by atoms with Gasteiger partial charge in [0.1, 0.15) is 17.0 Å². The first kappa shape index (κ1) is 18.0. The zero-order valence-electron chi connectivity index (χ0n) is 15.0. The summed E-state index contributed by atoms with van der Waals surface area (Å²) >= 11 is 6.04. The van der Waals surface area contributed by atoms with Crippen LogP contribution in [0.3, 0.4) is 0 Å². The highest BCUT2D eigenvalue weighted by Crippen LogP contribution is 2.29. The molecular formula is C19H25ClN4O. The van der Waals surface area contributed by atoms with Crippen LogP contribution in [0.15, 0.2) is 30.6 Å². The highest BCUT2D eigenvalue weighted by Gasteiger charge is 2.18. The van der Waals surface area contributed by atoms with Gasteiger partial charge in [-0.15, -0.1) is 0 Å². The molecule has 0 radical (unpaired) electrons. The van der Waals surface area contributed by atoms with Crippen LogP contribution in [0.25, 0.3) is 11.3 Å². The molecule has 2 aromatic heterocycles. The van der Waals surface area contributed by atoms with Crippen molar-refractivity contribution in [1.29, 1.82) is 0 Å². The van der Waals surface area contributed by atoms with Crippen LogP contribution in [-0.2, 0) is 0 Å². The van der Waals surface area contributed by atoms with Gasteiger partial charge < -0.3 is 15.0 Å². The van der Waals surface area contributed by atoms with E-state index >= 15 is 0 Å². The average molecular weight is 361 g/mol. The summed E-state index contributed by atoms with van der Waals surface area (Å²) in [5.74, 6) is 0.818. The zero-order valence-corrected chi connectivity index (χ0v) is 15.8. The number of halogens is 1. The van der Waals surface area contributed by atoms with Gasteiger partial charge in [-0.2, -0.15) is 0 Å². The molecule has 1 aliphatic heterocycles. The number of nitrogens with one attached hydrogen (secondary N) is 1. The largest absolute Gasteiger partial charge is 0.489 e. The Morgan fingerprint density at radius 2 is 1.96 bits per heavy atom. The maximum atomic E-state index is 6.07. The van der Waals surface area contributed by atoms with Crippen LogP contribution in [-0.4, -0.2) is 47.2 Å². The van der Waals surface area contributed by atoms with E-state index in [0.29, 0.717) is 11.2 Å². The third kappa shape index (κ3) is 4.83. The quantitative estimate of drug-likeness (QED) is 0.814. The maximum absolute atomic E-state index is 6.07. The van der Waals surface area contributed by atoms with Crippen molar-refractivity contribution in [3.8, 4) is 17.0 Å². The minimum atomic E-state index is 0.277. The number of ether oxygens (including phenoxy) is 1. The lowest BCUT2D eigenvalue weighted by Gasteiger charge is -2.29. The van der Waals surface area contributed by atoms with Crippen molar-refractivity contribution < 1.29 is 4.74 Å². The molecule has 1 N–H and O–H groups in total. The van der Waals surface area contributed by atoms with Crippen molar-refractivity contribution >= 4 is 17.3 Å². The van der Waals surface area contributed by atoms with Gasteiger partial charge in [0.05, 0.1) is 11.9 Å². The fourth-order valence-corrected chi connectivity index (χ4v) is 3.13. The SMILES string of the molecule is CC(C)Nc1cc(Cl)ncc1-c1ccc(OC2CCN(C)CC2)cn1. The van der Waals surface area contributed by atoms with E-state index in [4.69, 9.17) is 16.3 Å². The highest BCUT2D eigenvalue weighted by atomic mass is 35.5. The molecule has 1 saturated heterocycles. The predicted octanol–water partition coefficient (Wildman–Crippen LogP) is 4.09. The topological polar surface area (TPSA) is 50.3 Å². The zero-order chi connectivity index (χ0) is 17.8. The molecule has 5 nitrogen and oxygen atoms in total. The van der Waals surface area contributed by atoms with Gasteiger partial charge >= 0.3 is 0 Å². The molecular weight excluding hydrogens is 336 g/mol. The van der Waals surface area contributed by atoms with Crippen LogP contribution < -0.4 is 10.1 Å². The molecule has 6 heteroatoms. The molecule has 0 amide bonds. The first-order chi connectivity index (χ1) is 12.0. The number of hydrogen-bond acceptors (Lipinski definition) is 5. The summed E-state index contributed by atoms with van der Waals surface area (Å²) < 4.78 is 6.07. The molecule has 0 spiro atoms. The third-order valence-corrected chi connectivity index (χ3v) is 4.50. The Morgan fingerprint density at radius 3 is 2.60 bits per heavy atom. The van der Waals surface area contributed by atoms with Crippen molar-refractivity contribution in [2.45, 2.75) is 38.8 Å². The van der Waals surface area contributed by atoms with E-state index < -0.39 is 0 Å². The predicted molar refractivity (Wildman–Crippen MR) is 102 cm³/mol. The van der Waals surface area contributed by atoms with Crippen molar-refractivity contribution in [2.24, 2.45) is 0 Å². The van der Waals surface area contributed by atoms with Crippen LogP contribution in [0.4, 0.5) is 5.69 Å². The van der Waals surface area contributed by atoms with Crippen LogP contribution in [0, 0.1) is 0 Å². The third-order valence-electron chi connectivity index (χ3n) is 4.30. The van der Waals surface area contributed by atoms with E-state index in [9.17, 15) is 0 Å². The van der Waals surface area contributed by atoms with Crippen molar-refractivity contribution in [2.75, 3.05) is 25.5 Å². The lowest BCUT2D eigenvalue weighted by atomic mass is 10.1. The summed E-state index contributed by atoms with van der Waals surface area (Å²) in [4.78, 5) is 11.1. The van der Waals surface area contributed by atoms with Gasteiger partial charge in [0, 0.05) is 36.6 Å². The van der Waals surface area contributed by atoms with E-state index in [1.165, 1.54) is 0 Å². The summed E-state index contributed by atoms with van der Waals surface area (Å²) in [6, 6.07) is 6.08. The molecule has 0 unspecified atom stereocenters. The van der Waals surface area contributed by atoms with Gasteiger partial charge in [0.25, 0.3) is 0 Å². The summed E-state index contributed by atoms with van der Waals surface area (Å²) in [6.07, 6.45) is 5.94. The number of likely N-dealkylation sites (tertiary alicyclic amines) is 1. The average Bonchev–Trinajstić information content (AvgIpc) is 2.58. The number of rotatable bonds is 5. The smallest absolute Gasteiger partial charge is 0.138 e. The molecule has 134 valence electrons. The van der Waals surface area contributed by atoms with Gasteiger partial charge in [-0.05, 0) is 51.9 Å². The van der Waals surface area contributed by atoms with Gasteiger partial charge in [-0.3, -0.25) is 4.98 Å². The Morgan fingerprint density at radius 1 is 1.20 bits per heavy atom. The molecule has 0 atom stereocenters. The first-order valence-corrected chi connectivity index (χ1v) is 9.13. The Kier molecular flexibility index (Phi) is 5.76. The van der Waals surface area contributed by atoms with Crippen LogP contribution >= 0.6 is 11.6 Å². The van der Waals surface area contributed by atoms with Gasteiger partial charge in [-0.1, -0.05) is 11.6 Å². The summed E-state index contributed by atoms with van der Waals surface area (Å²) in [6.45, 7) is 6.34. The second-order valence-corrected chi connectivity index (χ2v) is 7.24. The highest BCUT2D eigenvalue weighted by molar-refractivity contribution is 6.29. The number of nitrogens with zero attached hydrogens (tertiary/aromatic N) is 3. The Balaban J connectivity index is 1.74. The number of pyridine rings is 2. The normalized spacial score (nSPS) is 16.2. The van der Waals surface area contributed by atoms with Gasteiger partial charge in [0.2, 0.25) is 0 Å². The van der Waals surface area contributed by atoms with E-state index in [1.54, 1.807) is 12.4 Å². The Bertz CT molecular complexity index is 697. The van der Waals surface area contributed by atoms with E-state index in [2.05, 4.69) is 41.1 Å². The lowest BCUT2D eigenvalue weighted by molar-refractivity contribution is 0.114. The first-order valence-electron chi connectivity index (χ1n) is 8.75. The van der Waals surface area contributed by atoms with Crippen molar-refractivity contribution in [3.63, 3.8) is 0 Å². The summed E-state index contributed by atoms with van der Waals surface area (Å²) in [7, 11) is 2.15. The minimum Gasteiger partial charge on any atom is -0.489 e. The fourth-order valence-electron chi connectivity index (χ4n) is 2.97. The number of piperidine rings is 1. The van der Waals surface area contributed by atoms with E-state index in [0.717, 1.165) is 48.6 Å². The number of aromatic nitrogens is 2. The van der Waals surface area contributed by atoms with Crippen LogP contribution in [0.5, 0.6) is 5.75 Å². The Hall–Kier alpha value is -1.85. The van der Waals surface area contributed by atoms with Crippen LogP contribution in [0.1, 0.15) is 26.7 Å². The van der Waals surface area contributed by atoms with Crippen LogP contribution in [0.2, 0.25) is 5.15 Å². The fraction of sp³-hybridized carbons (Fsp3) is 0.474. The minimum absolute atomic E-state index is 0.277. The molecule has 1 aliphatic rings. The van der Waals surface area contributed by atoms with E-state index in [1.807, 2.05) is 18.2 Å². The molecule has 0 aliphatic carbocycles. The van der Waals surface area contributed by atoms with Gasteiger partial charge in [-0.25, -0.2) is 4.98 Å². The molecule has 2 aromatic rings. The van der Waals surface area contributed by atoms with E-state index in [-0.39, 0.29) is 6.10 Å². The number of anilines is 1. The standard InChI is InChI=1S/C19H25ClN4O/c1-13(2)23-18-10-19(20)22-12-16(18)17-5-4-15(11-21-17)25-14-6-8-24(3)9-7-14/h4-5,10-14H,6-9H2,1-3H3,(H,22,23). The lowest BCUT2D eigenvalue weighted by Crippen LogP contribution is -2.35.